The van der Waals surface area contributed by atoms with Gasteiger partial charge < -0.3 is 4.74 Å². The van der Waals surface area contributed by atoms with Gasteiger partial charge in [-0.15, -0.1) is 0 Å². The first-order valence-electron chi connectivity index (χ1n) is 5.56. The van der Waals surface area contributed by atoms with Gasteiger partial charge in [0.25, 0.3) is 0 Å². The summed E-state index contributed by atoms with van der Waals surface area (Å²) in [6, 6.07) is 5.86. The van der Waals surface area contributed by atoms with Crippen molar-refractivity contribution in [2.45, 2.75) is 6.61 Å². The minimum absolute atomic E-state index is 0.112. The highest BCUT2D eigenvalue weighted by Gasteiger charge is 2.16. The number of aromatic nitrogens is 1. The predicted octanol–water partition coefficient (Wildman–Crippen LogP) is 3.14. The van der Waals surface area contributed by atoms with Crippen LogP contribution in [0, 0.1) is 10.1 Å². The number of ether oxygens (including phenoxy) is 1. The molecule has 0 aliphatic heterocycles. The van der Waals surface area contributed by atoms with E-state index in [1.165, 1.54) is 18.2 Å². The molecule has 0 saturated carbocycles. The van der Waals surface area contributed by atoms with E-state index >= 15 is 0 Å². The number of hydrogen-bond donors (Lipinski definition) is 0. The summed E-state index contributed by atoms with van der Waals surface area (Å²) < 4.78 is 6.22. The van der Waals surface area contributed by atoms with Gasteiger partial charge >= 0.3 is 5.69 Å². The monoisotopic (exact) mass is 336 g/mol. The Morgan fingerprint density at radius 1 is 1.35 bits per heavy atom. The van der Waals surface area contributed by atoms with E-state index in [-0.39, 0.29) is 23.6 Å². The van der Waals surface area contributed by atoms with Gasteiger partial charge in [0.1, 0.15) is 12.9 Å². The normalized spacial score (nSPS) is 10.1. The highest BCUT2D eigenvalue weighted by molar-refractivity contribution is 9.10. The van der Waals surface area contributed by atoms with Crippen molar-refractivity contribution in [2.75, 3.05) is 0 Å². The lowest BCUT2D eigenvalue weighted by Crippen LogP contribution is -2.00. The van der Waals surface area contributed by atoms with Gasteiger partial charge in [0.15, 0.2) is 5.75 Å². The molecule has 0 unspecified atom stereocenters. The number of benzene rings is 1. The van der Waals surface area contributed by atoms with Crippen LogP contribution in [-0.2, 0) is 6.61 Å². The number of carbonyl (C=O) groups excluding carboxylic acids is 1. The first-order valence-corrected chi connectivity index (χ1v) is 6.35. The Kier molecular flexibility index (Phi) is 4.41. The molecule has 0 radical (unpaired) electrons. The second-order valence-corrected chi connectivity index (χ2v) is 4.82. The van der Waals surface area contributed by atoms with E-state index < -0.39 is 4.92 Å². The van der Waals surface area contributed by atoms with Crippen LogP contribution in [0.15, 0.2) is 41.1 Å². The van der Waals surface area contributed by atoms with Crippen LogP contribution in [0.2, 0.25) is 0 Å². The van der Waals surface area contributed by atoms with Gasteiger partial charge in [-0.2, -0.15) is 0 Å². The smallest absolute Gasteiger partial charge is 0.311 e. The molecule has 0 fully saturated rings. The van der Waals surface area contributed by atoms with Crippen LogP contribution in [0.4, 0.5) is 5.69 Å². The second kappa shape index (κ2) is 6.25. The molecule has 0 spiro atoms. The number of pyridine rings is 1. The number of carbonyl (C=O) groups is 1. The fourth-order valence-electron chi connectivity index (χ4n) is 1.57. The summed E-state index contributed by atoms with van der Waals surface area (Å²) in [6.07, 6.45) is 3.79. The molecule has 2 aromatic rings. The molecule has 7 heteroatoms. The van der Waals surface area contributed by atoms with Crippen molar-refractivity contribution < 1.29 is 14.5 Å². The number of halogens is 1. The molecule has 1 aromatic heterocycles. The maximum Gasteiger partial charge on any atom is 0.311 e. The van der Waals surface area contributed by atoms with Gasteiger partial charge in [-0.05, 0) is 34.1 Å². The molecule has 2 rings (SSSR count). The molecule has 6 nitrogen and oxygen atoms in total. The summed E-state index contributed by atoms with van der Waals surface area (Å²) in [5, 5.41) is 10.9. The van der Waals surface area contributed by atoms with E-state index in [0.29, 0.717) is 6.29 Å². The zero-order valence-corrected chi connectivity index (χ0v) is 11.7. The van der Waals surface area contributed by atoms with Crippen molar-refractivity contribution in [3.8, 4) is 5.75 Å². The molecule has 0 aliphatic rings. The van der Waals surface area contributed by atoms with Crippen molar-refractivity contribution in [3.05, 3.63) is 62.4 Å². The van der Waals surface area contributed by atoms with E-state index in [1.807, 2.05) is 0 Å². The molecule has 0 amide bonds. The van der Waals surface area contributed by atoms with Gasteiger partial charge in [0.2, 0.25) is 0 Å². The predicted molar refractivity (Wildman–Crippen MR) is 74.8 cm³/mol. The number of nitrogens with zero attached hydrogens (tertiary/aromatic N) is 2. The maximum absolute atomic E-state index is 10.9. The Bertz CT molecular complexity index is 661. The molecule has 20 heavy (non-hydrogen) atoms. The molecule has 0 saturated heterocycles. The molecule has 0 atom stereocenters. The van der Waals surface area contributed by atoms with E-state index in [2.05, 4.69) is 20.9 Å². The standard InChI is InChI=1S/C13H9BrN2O4/c14-11-3-10(5-15-6-11)8-20-13-2-1-9(7-17)4-12(13)16(18)19/h1-7H,8H2. The molecule has 0 N–H and O–H groups in total. The Morgan fingerprint density at radius 3 is 2.80 bits per heavy atom. The Labute approximate surface area is 122 Å². The van der Waals surface area contributed by atoms with Crippen molar-refractivity contribution in [3.63, 3.8) is 0 Å². The van der Waals surface area contributed by atoms with Gasteiger partial charge in [-0.25, -0.2) is 0 Å². The molecule has 0 bridgehead atoms. The third-order valence-electron chi connectivity index (χ3n) is 2.47. The summed E-state index contributed by atoms with van der Waals surface area (Å²) in [5.41, 5.74) is 0.763. The van der Waals surface area contributed by atoms with E-state index in [0.717, 1.165) is 10.0 Å². The van der Waals surface area contributed by atoms with Gasteiger partial charge in [0.05, 0.1) is 4.92 Å². The molecular weight excluding hydrogens is 328 g/mol. The number of nitro benzene ring substituents is 1. The highest BCUT2D eigenvalue weighted by atomic mass is 79.9. The van der Waals surface area contributed by atoms with Gasteiger partial charge in [-0.1, -0.05) is 0 Å². The first-order chi connectivity index (χ1) is 9.60. The number of rotatable bonds is 5. The second-order valence-electron chi connectivity index (χ2n) is 3.90. The summed E-state index contributed by atoms with van der Waals surface area (Å²) >= 11 is 3.28. The third kappa shape index (κ3) is 3.39. The fourth-order valence-corrected chi connectivity index (χ4v) is 1.98. The molecule has 1 heterocycles. The summed E-state index contributed by atoms with van der Waals surface area (Å²) in [6.45, 7) is 0.147. The van der Waals surface area contributed by atoms with Crippen LogP contribution in [0.3, 0.4) is 0 Å². The Balaban J connectivity index is 2.20. The fraction of sp³-hybridized carbons (Fsp3) is 0.0769. The minimum atomic E-state index is -0.582. The van der Waals surface area contributed by atoms with Gasteiger partial charge in [0, 0.05) is 34.1 Å². The minimum Gasteiger partial charge on any atom is -0.482 e. The molecule has 1 aromatic carbocycles. The quantitative estimate of drug-likeness (QED) is 0.475. The Hall–Kier alpha value is -2.28. The zero-order valence-electron chi connectivity index (χ0n) is 10.2. The van der Waals surface area contributed by atoms with Crippen LogP contribution >= 0.6 is 15.9 Å². The Morgan fingerprint density at radius 2 is 2.15 bits per heavy atom. The van der Waals surface area contributed by atoms with Crippen molar-refractivity contribution in [1.29, 1.82) is 0 Å². The largest absolute Gasteiger partial charge is 0.482 e. The summed E-state index contributed by atoms with van der Waals surface area (Å²) in [7, 11) is 0. The molecule has 0 aliphatic carbocycles. The van der Waals surface area contributed by atoms with Gasteiger partial charge in [-0.3, -0.25) is 19.9 Å². The SMILES string of the molecule is O=Cc1ccc(OCc2cncc(Br)c2)c([N+](=O)[O-])c1. The lowest BCUT2D eigenvalue weighted by Gasteiger charge is -2.07. The van der Waals surface area contributed by atoms with Crippen molar-refractivity contribution >= 4 is 27.9 Å². The third-order valence-corrected chi connectivity index (χ3v) is 2.91. The number of nitro groups is 1. The van der Waals surface area contributed by atoms with E-state index in [1.54, 1.807) is 18.5 Å². The van der Waals surface area contributed by atoms with Crippen molar-refractivity contribution in [2.24, 2.45) is 0 Å². The van der Waals surface area contributed by atoms with Crippen LogP contribution in [-0.4, -0.2) is 16.2 Å². The zero-order chi connectivity index (χ0) is 14.5. The van der Waals surface area contributed by atoms with E-state index in [9.17, 15) is 14.9 Å². The lowest BCUT2D eigenvalue weighted by molar-refractivity contribution is -0.386. The van der Waals surface area contributed by atoms with Crippen LogP contribution in [0.5, 0.6) is 5.75 Å². The average molecular weight is 337 g/mol. The number of hydrogen-bond acceptors (Lipinski definition) is 5. The molecular formula is C13H9BrN2O4. The summed E-state index contributed by atoms with van der Waals surface area (Å²) in [4.78, 5) is 25.0. The molecule has 102 valence electrons. The first kappa shape index (κ1) is 14.1. The topological polar surface area (TPSA) is 82.3 Å². The number of aldehydes is 1. The van der Waals surface area contributed by atoms with E-state index in [4.69, 9.17) is 4.74 Å². The maximum atomic E-state index is 10.9. The summed E-state index contributed by atoms with van der Waals surface area (Å²) in [5.74, 6) is 0.112. The van der Waals surface area contributed by atoms with Crippen LogP contribution in [0.25, 0.3) is 0 Å². The average Bonchev–Trinajstić information content (AvgIpc) is 2.45. The van der Waals surface area contributed by atoms with Crippen LogP contribution < -0.4 is 4.74 Å². The van der Waals surface area contributed by atoms with Crippen molar-refractivity contribution in [1.82, 2.24) is 4.98 Å². The lowest BCUT2D eigenvalue weighted by atomic mass is 10.2. The highest BCUT2D eigenvalue weighted by Crippen LogP contribution is 2.28. The van der Waals surface area contributed by atoms with Crippen LogP contribution in [0.1, 0.15) is 15.9 Å².